The summed E-state index contributed by atoms with van der Waals surface area (Å²) in [6.45, 7) is 5.05. The molecular formula is C15H25N3O. The van der Waals surface area contributed by atoms with Crippen LogP contribution >= 0.6 is 0 Å². The van der Waals surface area contributed by atoms with Crippen molar-refractivity contribution in [2.45, 2.75) is 57.9 Å². The number of carbonyl (C=O) groups is 1. The Hall–Kier alpha value is -1.08. The zero-order chi connectivity index (χ0) is 13.7. The van der Waals surface area contributed by atoms with Crippen LogP contribution in [0.15, 0.2) is 0 Å². The number of nitrogens with one attached hydrogen (secondary N) is 1. The molecule has 0 radical (unpaired) electrons. The van der Waals surface area contributed by atoms with E-state index in [2.05, 4.69) is 23.2 Å². The number of amides is 1. The van der Waals surface area contributed by atoms with Gasteiger partial charge < -0.3 is 5.32 Å². The highest BCUT2D eigenvalue weighted by Gasteiger charge is 2.40. The minimum atomic E-state index is -0.742. The highest BCUT2D eigenvalue weighted by Crippen LogP contribution is 2.35. The Labute approximate surface area is 116 Å². The number of hydrogen-bond acceptors (Lipinski definition) is 3. The van der Waals surface area contributed by atoms with Crippen LogP contribution in [0.3, 0.4) is 0 Å². The van der Waals surface area contributed by atoms with E-state index >= 15 is 0 Å². The van der Waals surface area contributed by atoms with Crippen molar-refractivity contribution >= 4 is 5.91 Å². The van der Waals surface area contributed by atoms with Gasteiger partial charge in [-0.1, -0.05) is 26.2 Å². The predicted octanol–water partition coefficient (Wildman–Crippen LogP) is 2.06. The second-order valence-corrected chi connectivity index (χ2v) is 5.89. The van der Waals surface area contributed by atoms with Gasteiger partial charge >= 0.3 is 0 Å². The summed E-state index contributed by atoms with van der Waals surface area (Å²) in [5.74, 6) is -0.0300. The fourth-order valence-corrected chi connectivity index (χ4v) is 3.47. The molecule has 0 spiro atoms. The number of carbonyl (C=O) groups excluding carboxylic acids is 1. The number of likely N-dealkylation sites (N-methyl/N-ethyl adjacent to an activating group) is 1. The molecule has 1 saturated carbocycles. The van der Waals surface area contributed by atoms with E-state index in [4.69, 9.17) is 0 Å². The van der Waals surface area contributed by atoms with E-state index in [1.54, 1.807) is 0 Å². The minimum Gasteiger partial charge on any atom is -0.353 e. The third kappa shape index (κ3) is 3.09. The van der Waals surface area contributed by atoms with E-state index in [0.717, 1.165) is 51.6 Å². The van der Waals surface area contributed by atoms with Crippen molar-refractivity contribution < 1.29 is 4.79 Å². The third-order valence-corrected chi connectivity index (χ3v) is 4.76. The summed E-state index contributed by atoms with van der Waals surface area (Å²) in [5, 5.41) is 12.4. The molecule has 1 unspecified atom stereocenters. The first-order valence-electron chi connectivity index (χ1n) is 7.65. The maximum atomic E-state index is 12.4. The molecule has 4 nitrogen and oxygen atoms in total. The van der Waals surface area contributed by atoms with Gasteiger partial charge in [0, 0.05) is 12.6 Å². The standard InChI is InChI=1S/C15H25N3O/c1-2-18-10-6-7-13(18)11-17-14(19)15(12-16)8-4-3-5-9-15/h13H,2-11H2,1H3,(H,17,19). The van der Waals surface area contributed by atoms with Crippen molar-refractivity contribution in [3.63, 3.8) is 0 Å². The number of rotatable bonds is 4. The van der Waals surface area contributed by atoms with Crippen molar-refractivity contribution in [2.24, 2.45) is 5.41 Å². The van der Waals surface area contributed by atoms with Gasteiger partial charge in [-0.25, -0.2) is 0 Å². The van der Waals surface area contributed by atoms with Crippen LogP contribution in [0.2, 0.25) is 0 Å². The van der Waals surface area contributed by atoms with Gasteiger partial charge in [0.05, 0.1) is 6.07 Å². The number of hydrogen-bond donors (Lipinski definition) is 1. The van der Waals surface area contributed by atoms with Crippen molar-refractivity contribution in [3.05, 3.63) is 0 Å². The fraction of sp³-hybridized carbons (Fsp3) is 0.867. The van der Waals surface area contributed by atoms with E-state index in [1.807, 2.05) is 0 Å². The van der Waals surface area contributed by atoms with Crippen LogP contribution in [0.25, 0.3) is 0 Å². The summed E-state index contributed by atoms with van der Waals surface area (Å²) in [6.07, 6.45) is 7.01. The van der Waals surface area contributed by atoms with Crippen molar-refractivity contribution in [3.8, 4) is 6.07 Å². The molecule has 0 aromatic rings. The molecule has 1 aliphatic heterocycles. The smallest absolute Gasteiger partial charge is 0.240 e. The Morgan fingerprint density at radius 1 is 1.37 bits per heavy atom. The SMILES string of the molecule is CCN1CCCC1CNC(=O)C1(C#N)CCCCC1. The van der Waals surface area contributed by atoms with Gasteiger partial charge in [-0.2, -0.15) is 5.26 Å². The first kappa shape index (κ1) is 14.3. The second-order valence-electron chi connectivity index (χ2n) is 5.89. The minimum absolute atomic E-state index is 0.0300. The molecule has 19 heavy (non-hydrogen) atoms. The molecule has 1 atom stereocenters. The van der Waals surface area contributed by atoms with Gasteiger partial charge in [0.25, 0.3) is 0 Å². The second kappa shape index (κ2) is 6.38. The Bertz CT molecular complexity index is 355. The molecule has 2 fully saturated rings. The van der Waals surface area contributed by atoms with Gasteiger partial charge in [-0.05, 0) is 38.8 Å². The number of nitriles is 1. The molecule has 2 rings (SSSR count). The van der Waals surface area contributed by atoms with Crippen LogP contribution in [-0.2, 0) is 4.79 Å². The fourth-order valence-electron chi connectivity index (χ4n) is 3.47. The number of nitrogens with zero attached hydrogens (tertiary/aromatic N) is 2. The Balaban J connectivity index is 1.88. The van der Waals surface area contributed by atoms with Crippen LogP contribution in [-0.4, -0.2) is 36.5 Å². The molecule has 2 aliphatic rings. The van der Waals surface area contributed by atoms with Crippen molar-refractivity contribution in [1.82, 2.24) is 10.2 Å². The van der Waals surface area contributed by atoms with Gasteiger partial charge in [-0.15, -0.1) is 0 Å². The third-order valence-electron chi connectivity index (χ3n) is 4.76. The normalized spacial score (nSPS) is 26.8. The molecule has 1 aliphatic carbocycles. The lowest BCUT2D eigenvalue weighted by Crippen LogP contribution is -2.46. The predicted molar refractivity (Wildman–Crippen MR) is 74.4 cm³/mol. The van der Waals surface area contributed by atoms with Gasteiger partial charge in [0.15, 0.2) is 0 Å². The van der Waals surface area contributed by atoms with E-state index in [1.165, 1.54) is 6.42 Å². The van der Waals surface area contributed by atoms with E-state index in [9.17, 15) is 10.1 Å². The Morgan fingerprint density at radius 2 is 2.11 bits per heavy atom. The lowest BCUT2D eigenvalue weighted by molar-refractivity contribution is -0.129. The summed E-state index contributed by atoms with van der Waals surface area (Å²) in [5.41, 5.74) is -0.742. The van der Waals surface area contributed by atoms with Gasteiger partial charge in [-0.3, -0.25) is 9.69 Å². The molecular weight excluding hydrogens is 238 g/mol. The largest absolute Gasteiger partial charge is 0.353 e. The van der Waals surface area contributed by atoms with Crippen LogP contribution in [0, 0.1) is 16.7 Å². The maximum Gasteiger partial charge on any atom is 0.240 e. The molecule has 0 aromatic carbocycles. The zero-order valence-electron chi connectivity index (χ0n) is 12.0. The molecule has 1 heterocycles. The van der Waals surface area contributed by atoms with Crippen LogP contribution < -0.4 is 5.32 Å². The monoisotopic (exact) mass is 263 g/mol. The molecule has 1 saturated heterocycles. The highest BCUT2D eigenvalue weighted by molar-refractivity contribution is 5.85. The summed E-state index contributed by atoms with van der Waals surface area (Å²) in [7, 11) is 0. The molecule has 1 N–H and O–H groups in total. The summed E-state index contributed by atoms with van der Waals surface area (Å²) < 4.78 is 0. The van der Waals surface area contributed by atoms with Gasteiger partial charge in [0.2, 0.25) is 5.91 Å². The number of likely N-dealkylation sites (tertiary alicyclic amines) is 1. The first-order chi connectivity index (χ1) is 9.22. The zero-order valence-corrected chi connectivity index (χ0v) is 12.0. The van der Waals surface area contributed by atoms with E-state index in [0.29, 0.717) is 12.6 Å². The Kier molecular flexibility index (Phi) is 4.81. The van der Waals surface area contributed by atoms with E-state index in [-0.39, 0.29) is 5.91 Å². The molecule has 106 valence electrons. The average Bonchev–Trinajstić information content (AvgIpc) is 2.92. The highest BCUT2D eigenvalue weighted by atomic mass is 16.2. The van der Waals surface area contributed by atoms with Crippen LogP contribution in [0.5, 0.6) is 0 Å². The van der Waals surface area contributed by atoms with Gasteiger partial charge in [0.1, 0.15) is 5.41 Å². The summed E-state index contributed by atoms with van der Waals surface area (Å²) in [6, 6.07) is 2.76. The summed E-state index contributed by atoms with van der Waals surface area (Å²) in [4.78, 5) is 14.8. The maximum absolute atomic E-state index is 12.4. The quantitative estimate of drug-likeness (QED) is 0.844. The first-order valence-corrected chi connectivity index (χ1v) is 7.65. The van der Waals surface area contributed by atoms with Crippen molar-refractivity contribution in [1.29, 1.82) is 5.26 Å². The molecule has 1 amide bonds. The topological polar surface area (TPSA) is 56.1 Å². The van der Waals surface area contributed by atoms with Crippen LogP contribution in [0.1, 0.15) is 51.9 Å². The van der Waals surface area contributed by atoms with Crippen LogP contribution in [0.4, 0.5) is 0 Å². The average molecular weight is 263 g/mol. The lowest BCUT2D eigenvalue weighted by Gasteiger charge is -2.30. The summed E-state index contributed by atoms with van der Waals surface area (Å²) >= 11 is 0. The molecule has 0 aromatic heterocycles. The Morgan fingerprint density at radius 3 is 2.74 bits per heavy atom. The lowest BCUT2D eigenvalue weighted by atomic mass is 9.74. The van der Waals surface area contributed by atoms with E-state index < -0.39 is 5.41 Å². The molecule has 4 heteroatoms. The van der Waals surface area contributed by atoms with Crippen molar-refractivity contribution in [2.75, 3.05) is 19.6 Å². The molecule has 0 bridgehead atoms.